The van der Waals surface area contributed by atoms with Gasteiger partial charge < -0.3 is 0 Å². The van der Waals surface area contributed by atoms with E-state index in [4.69, 9.17) is 0 Å². The largest absolute Gasteiger partial charge is 0.296 e. The van der Waals surface area contributed by atoms with Crippen molar-refractivity contribution in [2.75, 3.05) is 0 Å². The van der Waals surface area contributed by atoms with Crippen molar-refractivity contribution >= 4 is 28.9 Å². The molecule has 4 heteroatoms. The molecule has 0 bridgehead atoms. The lowest BCUT2D eigenvalue weighted by Gasteiger charge is -2.05. The fourth-order valence-electron chi connectivity index (χ4n) is 0.985. The molecule has 1 heterocycles. The molecule has 0 aliphatic rings. The normalized spacial score (nSPS) is 10.7. The maximum atomic E-state index is 10.6. The summed E-state index contributed by atoms with van der Waals surface area (Å²) < 4.78 is 2.62. The van der Waals surface area contributed by atoms with Gasteiger partial charge in [-0.15, -0.1) is 0 Å². The van der Waals surface area contributed by atoms with Gasteiger partial charge in [-0.3, -0.25) is 9.48 Å². The van der Waals surface area contributed by atoms with Gasteiger partial charge >= 0.3 is 0 Å². The van der Waals surface area contributed by atoms with Crippen LogP contribution < -0.4 is 0 Å². The number of carbonyl (C=O) groups is 1. The first-order chi connectivity index (χ1) is 5.63. The highest BCUT2D eigenvalue weighted by molar-refractivity contribution is 14.1. The quantitative estimate of drug-likeness (QED) is 0.625. The Morgan fingerprint density at radius 1 is 1.75 bits per heavy atom. The molecule has 0 saturated carbocycles. The highest BCUT2D eigenvalue weighted by atomic mass is 127. The maximum Gasteiger partial charge on any atom is 0.168 e. The summed E-state index contributed by atoms with van der Waals surface area (Å²) >= 11 is 2.11. The van der Waals surface area contributed by atoms with Crippen LogP contribution >= 0.6 is 22.6 Å². The predicted octanol–water partition coefficient (Wildman–Crippen LogP) is 1.96. The topological polar surface area (TPSA) is 34.9 Å². The first-order valence-corrected chi connectivity index (χ1v) is 4.90. The van der Waals surface area contributed by atoms with Gasteiger partial charge in [0.1, 0.15) is 9.39 Å². The van der Waals surface area contributed by atoms with Crippen molar-refractivity contribution in [2.45, 2.75) is 20.4 Å². The first-order valence-electron chi connectivity index (χ1n) is 3.82. The summed E-state index contributed by atoms with van der Waals surface area (Å²) in [4.78, 5) is 10.6. The fraction of sp³-hybridized carbons (Fsp3) is 0.500. The molecule has 3 nitrogen and oxygen atoms in total. The molecule has 0 saturated heterocycles. The summed E-state index contributed by atoms with van der Waals surface area (Å²) in [5.74, 6) is 0.513. The molecule has 12 heavy (non-hydrogen) atoms. The molecule has 0 radical (unpaired) electrons. The average molecular weight is 278 g/mol. The molecule has 0 spiro atoms. The summed E-state index contributed by atoms with van der Waals surface area (Å²) in [5.41, 5.74) is 0.660. The third kappa shape index (κ3) is 2.30. The van der Waals surface area contributed by atoms with Gasteiger partial charge in [-0.05, 0) is 28.5 Å². The van der Waals surface area contributed by atoms with E-state index >= 15 is 0 Å². The molecule has 1 rings (SSSR count). The highest BCUT2D eigenvalue weighted by Gasteiger charge is 2.05. The van der Waals surface area contributed by atoms with E-state index in [9.17, 15) is 4.79 Å². The van der Waals surface area contributed by atoms with Gasteiger partial charge in [-0.25, -0.2) is 0 Å². The second kappa shape index (κ2) is 4.02. The monoisotopic (exact) mass is 278 g/mol. The van der Waals surface area contributed by atoms with Crippen LogP contribution in [-0.4, -0.2) is 16.1 Å². The molecule has 66 valence electrons. The van der Waals surface area contributed by atoms with Crippen LogP contribution in [0.1, 0.15) is 24.3 Å². The van der Waals surface area contributed by atoms with Crippen molar-refractivity contribution < 1.29 is 4.79 Å². The number of nitrogens with zero attached hydrogens (tertiary/aromatic N) is 2. The summed E-state index contributed by atoms with van der Waals surface area (Å²) in [6, 6.07) is 1.79. The SMILES string of the molecule is CC(C)Cn1nc(I)cc1C=O. The maximum absolute atomic E-state index is 10.6. The van der Waals surface area contributed by atoms with Crippen LogP contribution in [-0.2, 0) is 6.54 Å². The third-order valence-electron chi connectivity index (χ3n) is 1.44. The Labute approximate surface area is 85.3 Å². The highest BCUT2D eigenvalue weighted by Crippen LogP contribution is 2.07. The minimum absolute atomic E-state index is 0.513. The van der Waals surface area contributed by atoms with E-state index in [0.29, 0.717) is 11.6 Å². The zero-order valence-corrected chi connectivity index (χ0v) is 9.28. The molecule has 1 aromatic heterocycles. The molecule has 0 aliphatic carbocycles. The summed E-state index contributed by atoms with van der Waals surface area (Å²) in [5, 5.41) is 4.19. The lowest BCUT2D eigenvalue weighted by Crippen LogP contribution is -2.09. The zero-order chi connectivity index (χ0) is 9.14. The Hall–Kier alpha value is -0.390. The van der Waals surface area contributed by atoms with Gasteiger partial charge in [0, 0.05) is 12.6 Å². The average Bonchev–Trinajstić information content (AvgIpc) is 2.29. The lowest BCUT2D eigenvalue weighted by atomic mass is 10.2. The molecule has 0 unspecified atom stereocenters. The van der Waals surface area contributed by atoms with Crippen molar-refractivity contribution in [3.63, 3.8) is 0 Å². The van der Waals surface area contributed by atoms with Crippen LogP contribution in [0.15, 0.2) is 6.07 Å². The number of hydrogen-bond acceptors (Lipinski definition) is 2. The Morgan fingerprint density at radius 3 is 2.92 bits per heavy atom. The zero-order valence-electron chi connectivity index (χ0n) is 7.12. The predicted molar refractivity (Wildman–Crippen MR) is 55.2 cm³/mol. The second-order valence-corrected chi connectivity index (χ2v) is 4.19. The van der Waals surface area contributed by atoms with Gasteiger partial charge in [-0.1, -0.05) is 13.8 Å². The summed E-state index contributed by atoms with van der Waals surface area (Å²) in [6.45, 7) is 5.00. The molecule has 0 atom stereocenters. The molecular weight excluding hydrogens is 267 g/mol. The van der Waals surface area contributed by atoms with E-state index < -0.39 is 0 Å². The summed E-state index contributed by atoms with van der Waals surface area (Å²) in [6.07, 6.45) is 0.845. The van der Waals surface area contributed by atoms with Crippen LogP contribution in [0.25, 0.3) is 0 Å². The van der Waals surface area contributed by atoms with Gasteiger partial charge in [-0.2, -0.15) is 5.10 Å². The van der Waals surface area contributed by atoms with Crippen LogP contribution in [0.2, 0.25) is 0 Å². The van der Waals surface area contributed by atoms with Gasteiger partial charge in [0.25, 0.3) is 0 Å². The number of carbonyl (C=O) groups excluding carboxylic acids is 1. The second-order valence-electron chi connectivity index (χ2n) is 3.09. The van der Waals surface area contributed by atoms with E-state index in [-0.39, 0.29) is 0 Å². The Balaban J connectivity index is 2.89. The Morgan fingerprint density at radius 2 is 2.42 bits per heavy atom. The molecule has 0 aliphatic heterocycles. The molecule has 0 aromatic carbocycles. The Bertz CT molecular complexity index is 281. The number of aldehydes is 1. The summed E-state index contributed by atoms with van der Waals surface area (Å²) in [7, 11) is 0. The molecular formula is C8H11IN2O. The van der Waals surface area contributed by atoms with E-state index in [1.807, 2.05) is 0 Å². The molecule has 1 aromatic rings. The first kappa shape index (κ1) is 9.70. The lowest BCUT2D eigenvalue weighted by molar-refractivity contribution is 0.111. The van der Waals surface area contributed by atoms with Crippen molar-refractivity contribution in [1.29, 1.82) is 0 Å². The molecule has 0 fully saturated rings. The van der Waals surface area contributed by atoms with Gasteiger partial charge in [0.15, 0.2) is 6.29 Å². The minimum Gasteiger partial charge on any atom is -0.296 e. The van der Waals surface area contributed by atoms with Crippen LogP contribution in [0.3, 0.4) is 0 Å². The van der Waals surface area contributed by atoms with E-state index in [2.05, 4.69) is 41.5 Å². The van der Waals surface area contributed by atoms with Crippen LogP contribution in [0, 0.1) is 9.62 Å². The minimum atomic E-state index is 0.513. The number of hydrogen-bond donors (Lipinski definition) is 0. The third-order valence-corrected chi connectivity index (χ3v) is 1.97. The van der Waals surface area contributed by atoms with Crippen molar-refractivity contribution in [2.24, 2.45) is 5.92 Å². The standard InChI is InChI=1S/C8H11IN2O/c1-6(2)4-11-7(5-12)3-8(9)10-11/h3,5-6H,4H2,1-2H3. The van der Waals surface area contributed by atoms with Crippen molar-refractivity contribution in [1.82, 2.24) is 9.78 Å². The van der Waals surface area contributed by atoms with Crippen molar-refractivity contribution in [3.05, 3.63) is 15.5 Å². The Kier molecular flexibility index (Phi) is 3.25. The van der Waals surface area contributed by atoms with Gasteiger partial charge in [0.2, 0.25) is 0 Å². The van der Waals surface area contributed by atoms with Gasteiger partial charge in [0.05, 0.1) is 0 Å². The molecule has 0 N–H and O–H groups in total. The van der Waals surface area contributed by atoms with E-state index in [1.165, 1.54) is 0 Å². The molecule has 0 amide bonds. The van der Waals surface area contributed by atoms with Crippen LogP contribution in [0.4, 0.5) is 0 Å². The number of rotatable bonds is 3. The smallest absolute Gasteiger partial charge is 0.168 e. The number of halogens is 1. The van der Waals surface area contributed by atoms with E-state index in [1.54, 1.807) is 10.7 Å². The number of aromatic nitrogens is 2. The van der Waals surface area contributed by atoms with Crippen LogP contribution in [0.5, 0.6) is 0 Å². The fourth-order valence-corrected chi connectivity index (χ4v) is 1.56. The van der Waals surface area contributed by atoms with E-state index in [0.717, 1.165) is 16.5 Å². The van der Waals surface area contributed by atoms with Crippen molar-refractivity contribution in [3.8, 4) is 0 Å².